The summed E-state index contributed by atoms with van der Waals surface area (Å²) in [4.78, 5) is 12.3. The molecule has 9 heteroatoms. The molecular weight excluding hydrogens is 488 g/mol. The van der Waals surface area contributed by atoms with Crippen LogP contribution in [0.2, 0.25) is 0 Å². The number of para-hydroxylation sites is 1. The zero-order valence-electron chi connectivity index (χ0n) is 21.8. The van der Waals surface area contributed by atoms with Crippen LogP contribution in [0.4, 0.5) is 0 Å². The van der Waals surface area contributed by atoms with Crippen molar-refractivity contribution in [3.8, 4) is 11.6 Å². The molecular formula is C28H36N4O4S. The van der Waals surface area contributed by atoms with Gasteiger partial charge in [0.1, 0.15) is 17.7 Å². The summed E-state index contributed by atoms with van der Waals surface area (Å²) in [6.45, 7) is 6.42. The van der Waals surface area contributed by atoms with Gasteiger partial charge in [0, 0.05) is 26.2 Å². The lowest BCUT2D eigenvalue weighted by atomic mass is 9.89. The van der Waals surface area contributed by atoms with Crippen molar-refractivity contribution in [1.29, 1.82) is 0 Å². The molecule has 8 nitrogen and oxygen atoms in total. The van der Waals surface area contributed by atoms with Gasteiger partial charge in [-0.2, -0.15) is 9.29 Å². The predicted molar refractivity (Wildman–Crippen MR) is 143 cm³/mol. The minimum Gasteiger partial charge on any atom is -0.497 e. The highest BCUT2D eigenvalue weighted by Gasteiger charge is 2.31. The maximum atomic E-state index is 13.2. The van der Waals surface area contributed by atoms with Crippen LogP contribution in [-0.2, 0) is 10.0 Å². The Hall–Kier alpha value is -2.75. The molecule has 0 bridgehead atoms. The lowest BCUT2D eigenvalue weighted by Gasteiger charge is -2.37. The third kappa shape index (κ3) is 5.58. The first-order valence-electron chi connectivity index (χ1n) is 13.2. The summed E-state index contributed by atoms with van der Waals surface area (Å²) >= 11 is 0. The quantitative estimate of drug-likeness (QED) is 0.444. The third-order valence-electron chi connectivity index (χ3n) is 7.72. The molecule has 1 aliphatic heterocycles. The molecule has 0 N–H and O–H groups in total. The molecule has 5 rings (SSSR count). The Morgan fingerprint density at radius 2 is 1.59 bits per heavy atom. The number of rotatable bonds is 7. The fraction of sp³-hybridized carbons (Fsp3) is 0.500. The molecule has 2 aliphatic rings. The first-order valence-corrected chi connectivity index (χ1v) is 14.6. The maximum Gasteiger partial charge on any atom is 0.243 e. The Morgan fingerprint density at radius 3 is 2.27 bits per heavy atom. The number of aromatic nitrogens is 2. The Bertz CT molecular complexity index is 1320. The lowest BCUT2D eigenvalue weighted by Crippen LogP contribution is -2.49. The Labute approximate surface area is 219 Å². The Kier molecular flexibility index (Phi) is 7.65. The number of hydrogen-bond donors (Lipinski definition) is 0. The summed E-state index contributed by atoms with van der Waals surface area (Å²) in [5.74, 6) is 2.76. The van der Waals surface area contributed by atoms with Crippen LogP contribution in [0.3, 0.4) is 0 Å². The third-order valence-corrected chi connectivity index (χ3v) is 9.63. The average molecular weight is 525 g/mol. The van der Waals surface area contributed by atoms with Gasteiger partial charge in [0.05, 0.1) is 29.0 Å². The van der Waals surface area contributed by atoms with Gasteiger partial charge in [-0.3, -0.25) is 4.90 Å². The van der Waals surface area contributed by atoms with Crippen molar-refractivity contribution in [3.63, 3.8) is 0 Å². The van der Waals surface area contributed by atoms with Crippen LogP contribution in [0.1, 0.15) is 51.4 Å². The van der Waals surface area contributed by atoms with Gasteiger partial charge in [0.15, 0.2) is 0 Å². The van der Waals surface area contributed by atoms with Gasteiger partial charge < -0.3 is 9.47 Å². The SMILES string of the molecule is COc1ccc(S(=O)(=O)N2CCN(C(C)c3nc(OC4CCC(C)CC4)c4ccccc4n3)CC2)cc1. The summed E-state index contributed by atoms with van der Waals surface area (Å²) in [5, 5.41) is 0.937. The van der Waals surface area contributed by atoms with Gasteiger partial charge in [-0.1, -0.05) is 19.1 Å². The molecule has 2 fully saturated rings. The molecule has 1 aromatic heterocycles. The van der Waals surface area contributed by atoms with E-state index in [1.54, 1.807) is 35.7 Å². The van der Waals surface area contributed by atoms with E-state index in [1.165, 1.54) is 12.8 Å². The normalized spacial score (nSPS) is 22.6. The van der Waals surface area contributed by atoms with Gasteiger partial charge in [0.25, 0.3) is 0 Å². The lowest BCUT2D eigenvalue weighted by molar-refractivity contribution is 0.126. The molecule has 1 atom stereocenters. The molecule has 1 aliphatic carbocycles. The van der Waals surface area contributed by atoms with E-state index in [0.717, 1.165) is 29.7 Å². The molecule has 0 spiro atoms. The van der Waals surface area contributed by atoms with Crippen molar-refractivity contribution in [2.45, 2.75) is 56.6 Å². The van der Waals surface area contributed by atoms with Crippen LogP contribution in [-0.4, -0.2) is 67.0 Å². The molecule has 37 heavy (non-hydrogen) atoms. The van der Waals surface area contributed by atoms with Gasteiger partial charge in [-0.25, -0.2) is 13.4 Å². The van der Waals surface area contributed by atoms with Crippen LogP contribution in [0.5, 0.6) is 11.6 Å². The fourth-order valence-corrected chi connectivity index (χ4v) is 6.66. The summed E-state index contributed by atoms with van der Waals surface area (Å²) in [6, 6.07) is 14.5. The second kappa shape index (κ2) is 10.9. The van der Waals surface area contributed by atoms with Gasteiger partial charge in [0.2, 0.25) is 15.9 Å². The van der Waals surface area contributed by atoms with E-state index in [-0.39, 0.29) is 17.0 Å². The van der Waals surface area contributed by atoms with Crippen molar-refractivity contribution in [2.24, 2.45) is 5.92 Å². The molecule has 0 amide bonds. The Balaban J connectivity index is 1.30. The highest BCUT2D eigenvalue weighted by molar-refractivity contribution is 7.89. The van der Waals surface area contributed by atoms with E-state index in [2.05, 4.69) is 18.7 Å². The van der Waals surface area contributed by atoms with Crippen molar-refractivity contribution in [3.05, 3.63) is 54.4 Å². The average Bonchev–Trinajstić information content (AvgIpc) is 2.94. The van der Waals surface area contributed by atoms with Crippen LogP contribution in [0, 0.1) is 5.92 Å². The van der Waals surface area contributed by atoms with E-state index in [4.69, 9.17) is 19.4 Å². The van der Waals surface area contributed by atoms with Crippen molar-refractivity contribution in [2.75, 3.05) is 33.3 Å². The standard InChI is InChI=1S/C28H36N4O4S/c1-20-8-10-23(11-9-20)36-28-25-6-4-5-7-26(25)29-27(30-28)21(2)31-16-18-32(19-17-31)37(33,34)24-14-12-22(35-3)13-15-24/h4-7,12-15,20-21,23H,8-11,16-19H2,1-3H3. The van der Waals surface area contributed by atoms with Crippen LogP contribution < -0.4 is 9.47 Å². The highest BCUT2D eigenvalue weighted by Crippen LogP contribution is 2.32. The zero-order valence-corrected chi connectivity index (χ0v) is 22.7. The number of benzene rings is 2. The zero-order chi connectivity index (χ0) is 26.0. The van der Waals surface area contributed by atoms with Crippen molar-refractivity contribution >= 4 is 20.9 Å². The van der Waals surface area contributed by atoms with Crippen LogP contribution in [0.15, 0.2) is 53.4 Å². The maximum absolute atomic E-state index is 13.2. The molecule has 198 valence electrons. The number of hydrogen-bond acceptors (Lipinski definition) is 7. The first kappa shape index (κ1) is 25.9. The second-order valence-corrected chi connectivity index (χ2v) is 12.1. The molecule has 3 aromatic rings. The van der Waals surface area contributed by atoms with Crippen LogP contribution in [0.25, 0.3) is 10.9 Å². The molecule has 1 unspecified atom stereocenters. The number of sulfonamides is 1. The predicted octanol–water partition coefficient (Wildman–Crippen LogP) is 4.66. The van der Waals surface area contributed by atoms with E-state index in [0.29, 0.717) is 43.6 Å². The Morgan fingerprint density at radius 1 is 0.919 bits per heavy atom. The number of ether oxygens (including phenoxy) is 2. The second-order valence-electron chi connectivity index (χ2n) is 10.2. The number of methoxy groups -OCH3 is 1. The summed E-state index contributed by atoms with van der Waals surface area (Å²) in [5.41, 5.74) is 0.874. The van der Waals surface area contributed by atoms with Gasteiger partial charge in [-0.05, 0) is 74.9 Å². The van der Waals surface area contributed by atoms with E-state index >= 15 is 0 Å². The summed E-state index contributed by atoms with van der Waals surface area (Å²) < 4.78 is 39.5. The van der Waals surface area contributed by atoms with Gasteiger partial charge in [-0.15, -0.1) is 0 Å². The molecule has 2 heterocycles. The first-order chi connectivity index (χ1) is 17.8. The summed E-state index contributed by atoms with van der Waals surface area (Å²) in [7, 11) is -1.99. The highest BCUT2D eigenvalue weighted by atomic mass is 32.2. The minimum atomic E-state index is -3.56. The van der Waals surface area contributed by atoms with E-state index < -0.39 is 10.0 Å². The van der Waals surface area contributed by atoms with E-state index in [9.17, 15) is 8.42 Å². The number of piperazine rings is 1. The monoisotopic (exact) mass is 524 g/mol. The number of fused-ring (bicyclic) bond motifs is 1. The molecule has 2 aromatic carbocycles. The van der Waals surface area contributed by atoms with E-state index in [1.807, 2.05) is 24.3 Å². The largest absolute Gasteiger partial charge is 0.497 e. The molecule has 0 radical (unpaired) electrons. The molecule has 1 saturated carbocycles. The fourth-order valence-electron chi connectivity index (χ4n) is 5.24. The topological polar surface area (TPSA) is 84.9 Å². The molecule has 1 saturated heterocycles. The smallest absolute Gasteiger partial charge is 0.243 e. The van der Waals surface area contributed by atoms with Gasteiger partial charge >= 0.3 is 0 Å². The minimum absolute atomic E-state index is 0.0656. The van der Waals surface area contributed by atoms with Crippen LogP contribution >= 0.6 is 0 Å². The number of nitrogens with zero attached hydrogens (tertiary/aromatic N) is 4. The van der Waals surface area contributed by atoms with Crippen molar-refractivity contribution in [1.82, 2.24) is 19.2 Å². The van der Waals surface area contributed by atoms with Crippen molar-refractivity contribution < 1.29 is 17.9 Å². The summed E-state index contributed by atoms with van der Waals surface area (Å²) in [6.07, 6.45) is 4.65.